The van der Waals surface area contributed by atoms with Gasteiger partial charge in [-0.15, -0.1) is 0 Å². The van der Waals surface area contributed by atoms with Gasteiger partial charge in [0.05, 0.1) is 6.54 Å². The van der Waals surface area contributed by atoms with Gasteiger partial charge >= 0.3 is 0 Å². The summed E-state index contributed by atoms with van der Waals surface area (Å²) in [6.07, 6.45) is 5.29. The van der Waals surface area contributed by atoms with Crippen molar-refractivity contribution in [2.45, 2.75) is 13.5 Å². The van der Waals surface area contributed by atoms with E-state index < -0.39 is 0 Å². The zero-order valence-corrected chi connectivity index (χ0v) is 10.8. The van der Waals surface area contributed by atoms with Gasteiger partial charge in [-0.3, -0.25) is 14.5 Å². The summed E-state index contributed by atoms with van der Waals surface area (Å²) in [5.74, 6) is -0.154. The third-order valence-electron chi connectivity index (χ3n) is 2.56. The summed E-state index contributed by atoms with van der Waals surface area (Å²) in [5, 5.41) is 10.1. The van der Waals surface area contributed by atoms with E-state index in [1.54, 1.807) is 18.5 Å². The summed E-state index contributed by atoms with van der Waals surface area (Å²) in [7, 11) is 0. The van der Waals surface area contributed by atoms with Crippen LogP contribution >= 0.6 is 0 Å². The van der Waals surface area contributed by atoms with E-state index in [1.807, 2.05) is 29.9 Å². The Bertz CT molecular complexity index is 524. The number of anilines is 1. The monoisotopic (exact) mass is 259 g/mol. The fourth-order valence-electron chi connectivity index (χ4n) is 1.66. The zero-order chi connectivity index (χ0) is 13.5. The van der Waals surface area contributed by atoms with E-state index in [0.29, 0.717) is 12.2 Å². The molecule has 2 heterocycles. The molecule has 2 aromatic heterocycles. The molecule has 0 aromatic carbocycles. The average Bonchev–Trinajstić information content (AvgIpc) is 2.93. The number of hydrogen-bond donors (Lipinski definition) is 2. The van der Waals surface area contributed by atoms with E-state index in [0.717, 1.165) is 18.8 Å². The Morgan fingerprint density at radius 1 is 1.42 bits per heavy atom. The quantitative estimate of drug-likeness (QED) is 0.816. The van der Waals surface area contributed by atoms with Crippen LogP contribution in [-0.2, 0) is 6.54 Å². The topological polar surface area (TPSA) is 71.8 Å². The highest BCUT2D eigenvalue weighted by atomic mass is 16.1. The smallest absolute Gasteiger partial charge is 0.269 e. The molecular formula is C13H17N5O. The minimum atomic E-state index is -0.154. The Hall–Kier alpha value is -2.37. The molecule has 0 aliphatic carbocycles. The van der Waals surface area contributed by atoms with Crippen molar-refractivity contribution in [2.24, 2.45) is 0 Å². The fraction of sp³-hybridized carbons (Fsp3) is 0.308. The molecule has 0 atom stereocenters. The number of pyridine rings is 1. The molecule has 0 spiro atoms. The summed E-state index contributed by atoms with van der Waals surface area (Å²) < 4.78 is 1.85. The lowest BCUT2D eigenvalue weighted by Gasteiger charge is -2.08. The first-order chi connectivity index (χ1) is 9.29. The van der Waals surface area contributed by atoms with Crippen molar-refractivity contribution in [2.75, 3.05) is 18.4 Å². The van der Waals surface area contributed by atoms with Crippen LogP contribution < -0.4 is 10.6 Å². The fourth-order valence-corrected chi connectivity index (χ4v) is 1.66. The average molecular weight is 259 g/mol. The van der Waals surface area contributed by atoms with E-state index >= 15 is 0 Å². The number of carbonyl (C=O) groups is 1. The number of rotatable bonds is 6. The normalized spacial score (nSPS) is 10.2. The number of aromatic nitrogens is 3. The van der Waals surface area contributed by atoms with Crippen LogP contribution in [0, 0.1) is 0 Å². The third-order valence-corrected chi connectivity index (χ3v) is 2.56. The Labute approximate surface area is 111 Å². The molecule has 0 aliphatic rings. The predicted molar refractivity (Wildman–Crippen MR) is 73.0 cm³/mol. The summed E-state index contributed by atoms with van der Waals surface area (Å²) in [4.78, 5) is 15.7. The molecule has 0 saturated carbocycles. The van der Waals surface area contributed by atoms with Gasteiger partial charge in [0, 0.05) is 37.4 Å². The molecule has 0 fully saturated rings. The lowest BCUT2D eigenvalue weighted by molar-refractivity contribution is 0.0951. The maximum Gasteiger partial charge on any atom is 0.269 e. The highest BCUT2D eigenvalue weighted by molar-refractivity contribution is 5.93. The summed E-state index contributed by atoms with van der Waals surface area (Å²) in [6.45, 7) is 3.98. The number of hydrogen-bond acceptors (Lipinski definition) is 4. The Morgan fingerprint density at radius 2 is 2.32 bits per heavy atom. The van der Waals surface area contributed by atoms with Crippen molar-refractivity contribution < 1.29 is 4.79 Å². The van der Waals surface area contributed by atoms with E-state index in [9.17, 15) is 4.79 Å². The van der Waals surface area contributed by atoms with Gasteiger partial charge in [0.15, 0.2) is 0 Å². The molecule has 2 rings (SSSR count). The molecule has 2 N–H and O–H groups in total. The Kier molecular flexibility index (Phi) is 4.49. The molecular weight excluding hydrogens is 242 g/mol. The summed E-state index contributed by atoms with van der Waals surface area (Å²) in [5.41, 5.74) is 1.30. The lowest BCUT2D eigenvalue weighted by Crippen LogP contribution is -2.23. The molecule has 6 heteroatoms. The summed E-state index contributed by atoms with van der Waals surface area (Å²) >= 11 is 0. The van der Waals surface area contributed by atoms with Crippen molar-refractivity contribution in [3.63, 3.8) is 0 Å². The first-order valence-electron chi connectivity index (χ1n) is 6.25. The second-order valence-electron chi connectivity index (χ2n) is 3.99. The van der Waals surface area contributed by atoms with Gasteiger partial charge in [0.1, 0.15) is 5.69 Å². The van der Waals surface area contributed by atoms with E-state index in [4.69, 9.17) is 0 Å². The van der Waals surface area contributed by atoms with Crippen LogP contribution in [0.5, 0.6) is 0 Å². The van der Waals surface area contributed by atoms with Crippen molar-refractivity contribution in [3.05, 3.63) is 42.5 Å². The molecule has 1 amide bonds. The maximum absolute atomic E-state index is 11.6. The minimum absolute atomic E-state index is 0.154. The lowest BCUT2D eigenvalue weighted by atomic mass is 10.3. The highest BCUT2D eigenvalue weighted by Crippen LogP contribution is 2.07. The second-order valence-corrected chi connectivity index (χ2v) is 3.99. The maximum atomic E-state index is 11.6. The van der Waals surface area contributed by atoms with Crippen LogP contribution in [0.2, 0.25) is 0 Å². The Balaban J connectivity index is 1.90. The van der Waals surface area contributed by atoms with Crippen molar-refractivity contribution >= 4 is 11.6 Å². The van der Waals surface area contributed by atoms with Gasteiger partial charge < -0.3 is 10.6 Å². The third kappa shape index (κ3) is 3.80. The van der Waals surface area contributed by atoms with Crippen molar-refractivity contribution in [3.8, 4) is 0 Å². The van der Waals surface area contributed by atoms with E-state index in [-0.39, 0.29) is 5.91 Å². The minimum Gasteiger partial charge on any atom is -0.383 e. The molecule has 6 nitrogen and oxygen atoms in total. The van der Waals surface area contributed by atoms with Crippen LogP contribution in [0.4, 0.5) is 5.69 Å². The number of nitrogens with zero attached hydrogens (tertiary/aromatic N) is 3. The first kappa shape index (κ1) is 13.1. The number of carbonyl (C=O) groups excluding carboxylic acids is 1. The van der Waals surface area contributed by atoms with Crippen molar-refractivity contribution in [1.82, 2.24) is 20.1 Å². The molecule has 19 heavy (non-hydrogen) atoms. The summed E-state index contributed by atoms with van der Waals surface area (Å²) in [6, 6.07) is 5.47. The van der Waals surface area contributed by atoms with E-state index in [2.05, 4.69) is 20.7 Å². The zero-order valence-electron chi connectivity index (χ0n) is 10.8. The predicted octanol–water partition coefficient (Wildman–Crippen LogP) is 1.14. The SMILES string of the molecule is CCNC(=O)c1cc(NCCn2cccn2)ccn1. The number of nitrogens with one attached hydrogen (secondary N) is 2. The van der Waals surface area contributed by atoms with Gasteiger partial charge in [-0.2, -0.15) is 5.10 Å². The first-order valence-corrected chi connectivity index (χ1v) is 6.25. The van der Waals surface area contributed by atoms with Crippen LogP contribution in [0.25, 0.3) is 0 Å². The van der Waals surface area contributed by atoms with Gasteiger partial charge in [-0.1, -0.05) is 0 Å². The molecule has 100 valence electrons. The second kappa shape index (κ2) is 6.53. The van der Waals surface area contributed by atoms with Crippen LogP contribution in [0.15, 0.2) is 36.8 Å². The molecule has 0 radical (unpaired) electrons. The largest absolute Gasteiger partial charge is 0.383 e. The van der Waals surface area contributed by atoms with Crippen LogP contribution in [0.3, 0.4) is 0 Å². The van der Waals surface area contributed by atoms with Gasteiger partial charge in [-0.25, -0.2) is 0 Å². The Morgan fingerprint density at radius 3 is 3.05 bits per heavy atom. The van der Waals surface area contributed by atoms with Crippen LogP contribution in [0.1, 0.15) is 17.4 Å². The standard InChI is InChI=1S/C13H17N5O/c1-2-14-13(19)12-10-11(4-6-16-12)15-7-9-18-8-3-5-17-18/h3-6,8,10H,2,7,9H2,1H3,(H,14,19)(H,15,16). The molecule has 0 bridgehead atoms. The van der Waals surface area contributed by atoms with E-state index in [1.165, 1.54) is 0 Å². The van der Waals surface area contributed by atoms with Gasteiger partial charge in [-0.05, 0) is 25.1 Å². The van der Waals surface area contributed by atoms with Crippen molar-refractivity contribution in [1.29, 1.82) is 0 Å². The van der Waals surface area contributed by atoms with Crippen LogP contribution in [-0.4, -0.2) is 33.8 Å². The van der Waals surface area contributed by atoms with Gasteiger partial charge in [0.2, 0.25) is 0 Å². The molecule has 0 unspecified atom stereocenters. The molecule has 2 aromatic rings. The highest BCUT2D eigenvalue weighted by Gasteiger charge is 2.05. The molecule has 0 aliphatic heterocycles. The number of amides is 1. The van der Waals surface area contributed by atoms with Gasteiger partial charge in [0.25, 0.3) is 5.91 Å². The molecule has 0 saturated heterocycles.